The van der Waals surface area contributed by atoms with Crippen LogP contribution in [0.2, 0.25) is 0 Å². The van der Waals surface area contributed by atoms with Gasteiger partial charge in [0.2, 0.25) is 11.8 Å². The van der Waals surface area contributed by atoms with Crippen molar-refractivity contribution in [3.8, 4) is 0 Å². The molecule has 19 heteroatoms. The van der Waals surface area contributed by atoms with E-state index in [1.807, 2.05) is 0 Å². The first-order valence-electron chi connectivity index (χ1n) is 10.4. The average Bonchev–Trinajstić information content (AvgIpc) is 3.25. The van der Waals surface area contributed by atoms with E-state index >= 15 is 0 Å². The van der Waals surface area contributed by atoms with Gasteiger partial charge in [0.05, 0.1) is 0 Å². The lowest BCUT2D eigenvalue weighted by Crippen LogP contribution is -2.71. The minimum atomic E-state index is -4.89. The first-order valence-corrected chi connectivity index (χ1v) is 15.5. The zero-order chi connectivity index (χ0) is 27.8. The first kappa shape index (κ1) is 28.0. The van der Waals surface area contributed by atoms with Crippen molar-refractivity contribution in [3.05, 3.63) is 53.1 Å². The number of aliphatic carboxylic acids is 1. The molecule has 0 radical (unpaired) electrons. The van der Waals surface area contributed by atoms with Crippen LogP contribution in [0.1, 0.15) is 16.7 Å². The maximum Gasteiger partial charge on any atom is 0.352 e. The third kappa shape index (κ3) is 6.02. The van der Waals surface area contributed by atoms with Crippen molar-refractivity contribution >= 4 is 61.5 Å². The molecule has 2 amide bonds. The van der Waals surface area contributed by atoms with E-state index in [0.29, 0.717) is 5.57 Å². The van der Waals surface area contributed by atoms with Crippen molar-refractivity contribution in [1.29, 1.82) is 0 Å². The van der Waals surface area contributed by atoms with E-state index in [-0.39, 0.29) is 33.9 Å². The predicted molar refractivity (Wildman–Crippen MR) is 131 cm³/mol. The monoisotopic (exact) mass is 606 g/mol. The van der Waals surface area contributed by atoms with Crippen molar-refractivity contribution < 1.29 is 49.8 Å². The Balaban J connectivity index is 1.48. The van der Waals surface area contributed by atoms with Crippen LogP contribution < -0.4 is 5.32 Å². The molecular weight excluding hydrogens is 588 g/mol. The Kier molecular flexibility index (Phi) is 7.86. The maximum atomic E-state index is 12.9. The van der Waals surface area contributed by atoms with Gasteiger partial charge in [0.1, 0.15) is 17.1 Å². The summed E-state index contributed by atoms with van der Waals surface area (Å²) >= 11 is 2.01. The second-order valence-corrected chi connectivity index (χ2v) is 12.9. The topological polar surface area (TPSA) is 234 Å². The molecule has 3 heterocycles. The molecule has 0 bridgehead atoms. The fourth-order valence-electron chi connectivity index (χ4n) is 3.77. The number of fused-ring (bicyclic) bond motifs is 1. The van der Waals surface area contributed by atoms with Crippen LogP contribution in [0.15, 0.2) is 51.2 Å². The van der Waals surface area contributed by atoms with E-state index in [0.717, 1.165) is 28.4 Å². The third-order valence-corrected chi connectivity index (χ3v) is 9.25. The molecule has 38 heavy (non-hydrogen) atoms. The van der Waals surface area contributed by atoms with Gasteiger partial charge >= 0.3 is 5.97 Å². The molecule has 0 aliphatic carbocycles. The predicted octanol–water partition coefficient (Wildman–Crippen LogP) is -0.0828. The summed E-state index contributed by atoms with van der Waals surface area (Å²) in [5.74, 6) is -4.50. The average molecular weight is 607 g/mol. The van der Waals surface area contributed by atoms with E-state index in [1.165, 1.54) is 24.3 Å². The van der Waals surface area contributed by atoms with Crippen molar-refractivity contribution in [1.82, 2.24) is 20.4 Å². The molecule has 2 unspecified atom stereocenters. The highest BCUT2D eigenvalue weighted by Crippen LogP contribution is 2.42. The van der Waals surface area contributed by atoms with Gasteiger partial charge < -0.3 is 14.8 Å². The van der Waals surface area contributed by atoms with Crippen LogP contribution in [-0.4, -0.2) is 86.8 Å². The normalized spacial score (nSPS) is 20.5. The summed E-state index contributed by atoms with van der Waals surface area (Å²) < 4.78 is 69.3. The lowest BCUT2D eigenvalue weighted by atomic mass is 10.0. The van der Waals surface area contributed by atoms with E-state index < -0.39 is 60.4 Å². The largest absolute Gasteiger partial charge is 0.477 e. The molecule has 1 saturated heterocycles. The molecule has 0 saturated carbocycles. The number of rotatable bonds is 10. The Bertz CT molecular complexity index is 1520. The van der Waals surface area contributed by atoms with Crippen molar-refractivity contribution in [3.63, 3.8) is 0 Å². The fraction of sp³-hybridized carbons (Fsp3) is 0.316. The second kappa shape index (κ2) is 10.7. The Morgan fingerprint density at radius 2 is 1.87 bits per heavy atom. The highest BCUT2D eigenvalue weighted by Gasteiger charge is 2.55. The number of carboxylic acids is 1. The highest BCUT2D eigenvalue weighted by atomic mass is 32.2. The molecule has 15 nitrogen and oxygen atoms in total. The van der Waals surface area contributed by atoms with Gasteiger partial charge in [0.25, 0.3) is 31.4 Å². The molecule has 204 valence electrons. The summed E-state index contributed by atoms with van der Waals surface area (Å²) in [6, 6.07) is 5.95. The number of carbonyl (C=O) groups is 3. The Morgan fingerprint density at radius 1 is 1.18 bits per heavy atom. The zero-order valence-corrected chi connectivity index (χ0v) is 22.1. The molecule has 1 aromatic heterocycles. The van der Waals surface area contributed by atoms with Crippen LogP contribution in [0, 0.1) is 0 Å². The van der Waals surface area contributed by atoms with Gasteiger partial charge in [0, 0.05) is 11.5 Å². The number of carboxylic acid groups (broad SMARTS) is 1. The molecule has 4 N–H and O–H groups in total. The van der Waals surface area contributed by atoms with Crippen molar-refractivity contribution in [2.75, 3.05) is 11.5 Å². The third-order valence-electron chi connectivity index (χ3n) is 5.31. The number of benzene rings is 1. The van der Waals surface area contributed by atoms with Crippen molar-refractivity contribution in [2.24, 2.45) is 0 Å². The number of hydrogen-bond donors (Lipinski definition) is 4. The smallest absolute Gasteiger partial charge is 0.352 e. The van der Waals surface area contributed by atoms with E-state index in [2.05, 4.69) is 15.5 Å². The molecule has 1 aromatic carbocycles. The Labute approximate surface area is 223 Å². The SMILES string of the molecule is O=C(O)C1=C(CSc2nnc(CS(=O)(=O)O)o2)CS[C@@H]2C(NC(=O)C(c3ccccc3)S(=O)(=O)O)C(=O)N12. The van der Waals surface area contributed by atoms with Crippen LogP contribution in [0.5, 0.6) is 0 Å². The number of nitrogens with one attached hydrogen (secondary N) is 1. The molecule has 2 aliphatic rings. The minimum absolute atomic E-state index is 0.0152. The van der Waals surface area contributed by atoms with Crippen LogP contribution in [0.4, 0.5) is 0 Å². The standard InChI is InChI=1S/C19H18N4O11S4/c24-15(14(38(31,32)33)9-4-2-1-3-5-9)20-12-16(25)23-13(18(26)27)10(6-35-17(12)23)7-36-19-22-21-11(34-19)8-37(28,29)30/h1-5,12,14,17H,6-8H2,(H,20,24)(H,26,27)(H,28,29,30)(H,31,32,33)/t12?,14?,17-/m1/s1. The van der Waals surface area contributed by atoms with Gasteiger partial charge in [-0.25, -0.2) is 4.79 Å². The zero-order valence-electron chi connectivity index (χ0n) is 18.8. The summed E-state index contributed by atoms with van der Waals surface area (Å²) in [6.45, 7) is 0. The minimum Gasteiger partial charge on any atom is -0.477 e. The highest BCUT2D eigenvalue weighted by molar-refractivity contribution is 8.01. The number of β-lactam (4-membered cyclic amide) rings is 1. The molecular formula is C19H18N4O11S4. The Morgan fingerprint density at radius 3 is 2.47 bits per heavy atom. The van der Waals surface area contributed by atoms with E-state index in [4.69, 9.17) is 8.97 Å². The summed E-state index contributed by atoms with van der Waals surface area (Å²) in [6.07, 6.45) is 0. The number of thioether (sulfide) groups is 2. The molecule has 1 fully saturated rings. The van der Waals surface area contributed by atoms with Gasteiger partial charge in [-0.2, -0.15) is 16.8 Å². The lowest BCUT2D eigenvalue weighted by Gasteiger charge is -2.49. The summed E-state index contributed by atoms with van der Waals surface area (Å²) in [5.41, 5.74) is -0.0426. The number of hydrogen-bond acceptors (Lipinski definition) is 12. The van der Waals surface area contributed by atoms with Crippen LogP contribution in [0.25, 0.3) is 0 Å². The van der Waals surface area contributed by atoms with Crippen LogP contribution >= 0.6 is 23.5 Å². The molecule has 2 aliphatic heterocycles. The Hall–Kier alpha value is -2.97. The first-order chi connectivity index (χ1) is 17.8. The number of aromatic nitrogens is 2. The van der Waals surface area contributed by atoms with Crippen LogP contribution in [0.3, 0.4) is 0 Å². The van der Waals surface area contributed by atoms with E-state index in [9.17, 15) is 40.9 Å². The van der Waals surface area contributed by atoms with Gasteiger partial charge in [-0.3, -0.25) is 23.6 Å². The lowest BCUT2D eigenvalue weighted by molar-refractivity contribution is -0.150. The summed E-state index contributed by atoms with van der Waals surface area (Å²) in [7, 11) is -9.28. The number of nitrogens with zero attached hydrogens (tertiary/aromatic N) is 3. The number of carbonyl (C=O) groups excluding carboxylic acids is 2. The molecule has 2 aromatic rings. The summed E-state index contributed by atoms with van der Waals surface area (Å²) in [4.78, 5) is 38.7. The van der Waals surface area contributed by atoms with E-state index in [1.54, 1.807) is 6.07 Å². The van der Waals surface area contributed by atoms with Crippen molar-refractivity contribution in [2.45, 2.75) is 27.6 Å². The quantitative estimate of drug-likeness (QED) is 0.157. The second-order valence-electron chi connectivity index (χ2n) is 7.94. The van der Waals surface area contributed by atoms with Gasteiger partial charge in [-0.05, 0) is 11.1 Å². The fourth-order valence-corrected chi connectivity index (χ4v) is 7.30. The molecule has 0 spiro atoms. The summed E-state index contributed by atoms with van der Waals surface area (Å²) in [5, 5.41) is 16.3. The molecule has 4 rings (SSSR count). The van der Waals surface area contributed by atoms with Gasteiger partial charge in [-0.1, -0.05) is 42.1 Å². The van der Waals surface area contributed by atoms with Crippen LogP contribution in [-0.2, 0) is 40.4 Å². The molecule has 3 atom stereocenters. The van der Waals surface area contributed by atoms with Gasteiger partial charge in [-0.15, -0.1) is 22.0 Å². The maximum absolute atomic E-state index is 12.9. The number of amides is 2. The van der Waals surface area contributed by atoms with Gasteiger partial charge in [0.15, 0.2) is 11.0 Å².